The van der Waals surface area contributed by atoms with Gasteiger partial charge in [0.05, 0.1) is 6.54 Å². The standard InChI is InChI=1S/C12H18F3N3/c1-10-11(4-3-5-17-10)8-18(7-6-16-2)9-12(13,14)15/h3-5,16H,6-9H2,1-2H3. The Bertz CT molecular complexity index is 366. The van der Waals surface area contributed by atoms with Crippen molar-refractivity contribution in [3.05, 3.63) is 29.6 Å². The fraction of sp³-hybridized carbons (Fsp3) is 0.583. The Kier molecular flexibility index (Phi) is 5.55. The molecule has 0 saturated heterocycles. The molecule has 1 aromatic rings. The Morgan fingerprint density at radius 1 is 1.39 bits per heavy atom. The number of pyridine rings is 1. The van der Waals surface area contributed by atoms with Gasteiger partial charge in [0.25, 0.3) is 0 Å². The third kappa shape index (κ3) is 5.46. The maximum atomic E-state index is 12.5. The van der Waals surface area contributed by atoms with E-state index in [4.69, 9.17) is 0 Å². The van der Waals surface area contributed by atoms with Crippen LogP contribution in [0.2, 0.25) is 0 Å². The smallest absolute Gasteiger partial charge is 0.318 e. The van der Waals surface area contributed by atoms with Crippen molar-refractivity contribution in [1.29, 1.82) is 0 Å². The summed E-state index contributed by atoms with van der Waals surface area (Å²) in [4.78, 5) is 5.46. The molecular weight excluding hydrogens is 243 g/mol. The maximum absolute atomic E-state index is 12.5. The van der Waals surface area contributed by atoms with Crippen molar-refractivity contribution in [2.24, 2.45) is 0 Å². The fourth-order valence-electron chi connectivity index (χ4n) is 1.66. The average Bonchev–Trinajstić information content (AvgIpc) is 2.27. The Labute approximate surface area is 105 Å². The van der Waals surface area contributed by atoms with Crippen LogP contribution in [0.3, 0.4) is 0 Å². The number of aromatic nitrogens is 1. The second-order valence-corrected chi connectivity index (χ2v) is 4.18. The van der Waals surface area contributed by atoms with Crippen molar-refractivity contribution in [3.63, 3.8) is 0 Å². The van der Waals surface area contributed by atoms with Gasteiger partial charge in [-0.1, -0.05) is 6.07 Å². The number of hydrogen-bond donors (Lipinski definition) is 1. The Morgan fingerprint density at radius 2 is 2.11 bits per heavy atom. The molecule has 0 aliphatic carbocycles. The largest absolute Gasteiger partial charge is 0.401 e. The quantitative estimate of drug-likeness (QED) is 0.848. The van der Waals surface area contributed by atoms with E-state index in [0.29, 0.717) is 13.1 Å². The lowest BCUT2D eigenvalue weighted by atomic mass is 10.2. The van der Waals surface area contributed by atoms with Crippen LogP contribution in [0, 0.1) is 6.92 Å². The van der Waals surface area contributed by atoms with Gasteiger partial charge in [-0.05, 0) is 25.6 Å². The zero-order valence-corrected chi connectivity index (χ0v) is 10.6. The number of nitrogens with zero attached hydrogens (tertiary/aromatic N) is 2. The zero-order chi connectivity index (χ0) is 13.6. The Hall–Kier alpha value is -1.14. The van der Waals surface area contributed by atoms with Gasteiger partial charge in [-0.15, -0.1) is 0 Å². The number of alkyl halides is 3. The predicted octanol–water partition coefficient (Wildman–Crippen LogP) is 1.97. The molecule has 0 saturated carbocycles. The first kappa shape index (κ1) is 14.9. The molecule has 0 bridgehead atoms. The highest BCUT2D eigenvalue weighted by Gasteiger charge is 2.30. The van der Waals surface area contributed by atoms with E-state index in [9.17, 15) is 13.2 Å². The highest BCUT2D eigenvalue weighted by Crippen LogP contribution is 2.18. The molecule has 18 heavy (non-hydrogen) atoms. The van der Waals surface area contributed by atoms with Gasteiger partial charge in [0, 0.05) is 31.5 Å². The van der Waals surface area contributed by atoms with E-state index >= 15 is 0 Å². The van der Waals surface area contributed by atoms with E-state index in [2.05, 4.69) is 10.3 Å². The first-order chi connectivity index (χ1) is 8.42. The van der Waals surface area contributed by atoms with Crippen LogP contribution < -0.4 is 5.32 Å². The second kappa shape index (κ2) is 6.70. The molecule has 6 heteroatoms. The number of aryl methyl sites for hydroxylation is 1. The molecule has 0 aliphatic rings. The van der Waals surface area contributed by atoms with Crippen molar-refractivity contribution in [2.45, 2.75) is 19.6 Å². The maximum Gasteiger partial charge on any atom is 0.401 e. The summed E-state index contributed by atoms with van der Waals surface area (Å²) in [7, 11) is 1.72. The van der Waals surface area contributed by atoms with E-state index in [1.165, 1.54) is 4.90 Å². The van der Waals surface area contributed by atoms with Crippen LogP contribution >= 0.6 is 0 Å². The average molecular weight is 261 g/mol. The molecule has 0 fully saturated rings. The molecule has 0 atom stereocenters. The number of likely N-dealkylation sites (N-methyl/N-ethyl adjacent to an activating group) is 1. The molecule has 102 valence electrons. The first-order valence-corrected chi connectivity index (χ1v) is 5.76. The number of nitrogens with one attached hydrogen (secondary N) is 1. The molecule has 3 nitrogen and oxygen atoms in total. The molecular formula is C12H18F3N3. The van der Waals surface area contributed by atoms with Gasteiger partial charge in [-0.25, -0.2) is 0 Å². The molecule has 0 aromatic carbocycles. The molecule has 0 amide bonds. The minimum atomic E-state index is -4.18. The Morgan fingerprint density at radius 3 is 2.67 bits per heavy atom. The van der Waals surface area contributed by atoms with E-state index < -0.39 is 12.7 Å². The van der Waals surface area contributed by atoms with Crippen molar-refractivity contribution in [1.82, 2.24) is 15.2 Å². The lowest BCUT2D eigenvalue weighted by Gasteiger charge is -2.24. The van der Waals surface area contributed by atoms with E-state index in [-0.39, 0.29) is 6.54 Å². The van der Waals surface area contributed by atoms with Gasteiger partial charge >= 0.3 is 6.18 Å². The summed E-state index contributed by atoms with van der Waals surface area (Å²) < 4.78 is 37.4. The molecule has 1 rings (SSSR count). The SMILES string of the molecule is CNCCN(Cc1cccnc1C)CC(F)(F)F. The summed E-state index contributed by atoms with van der Waals surface area (Å²) in [5.41, 5.74) is 1.60. The molecule has 0 radical (unpaired) electrons. The number of hydrogen-bond acceptors (Lipinski definition) is 3. The summed E-state index contributed by atoms with van der Waals surface area (Å²) in [6.45, 7) is 2.04. The second-order valence-electron chi connectivity index (χ2n) is 4.18. The summed E-state index contributed by atoms with van der Waals surface area (Å²) in [6.07, 6.45) is -2.54. The van der Waals surface area contributed by atoms with Crippen LogP contribution in [-0.4, -0.2) is 42.7 Å². The predicted molar refractivity (Wildman–Crippen MR) is 64.2 cm³/mol. The minimum absolute atomic E-state index is 0.265. The number of halogens is 3. The van der Waals surface area contributed by atoms with Gasteiger partial charge in [-0.3, -0.25) is 9.88 Å². The molecule has 0 unspecified atom stereocenters. The number of rotatable bonds is 6. The van der Waals surface area contributed by atoms with Crippen LogP contribution in [0.25, 0.3) is 0 Å². The highest BCUT2D eigenvalue weighted by molar-refractivity contribution is 5.18. The van der Waals surface area contributed by atoms with Crippen molar-refractivity contribution >= 4 is 0 Å². The van der Waals surface area contributed by atoms with Gasteiger partial charge in [0.15, 0.2) is 0 Å². The lowest BCUT2D eigenvalue weighted by Crippen LogP contribution is -2.37. The van der Waals surface area contributed by atoms with Crippen LogP contribution in [-0.2, 0) is 6.54 Å². The van der Waals surface area contributed by atoms with Crippen molar-refractivity contribution < 1.29 is 13.2 Å². The molecule has 1 N–H and O–H groups in total. The summed E-state index contributed by atoms with van der Waals surface area (Å²) in [5.74, 6) is 0. The Balaban J connectivity index is 2.69. The molecule has 1 heterocycles. The molecule has 0 aliphatic heterocycles. The molecule has 0 spiro atoms. The van der Waals surface area contributed by atoms with Crippen LogP contribution in [0.4, 0.5) is 13.2 Å². The normalized spacial score (nSPS) is 12.1. The summed E-state index contributed by atoms with van der Waals surface area (Å²) in [5, 5.41) is 2.86. The summed E-state index contributed by atoms with van der Waals surface area (Å²) >= 11 is 0. The first-order valence-electron chi connectivity index (χ1n) is 5.76. The van der Waals surface area contributed by atoms with Crippen LogP contribution in [0.1, 0.15) is 11.3 Å². The van der Waals surface area contributed by atoms with E-state index in [1.54, 1.807) is 26.2 Å². The minimum Gasteiger partial charge on any atom is -0.318 e. The van der Waals surface area contributed by atoms with E-state index in [0.717, 1.165) is 11.3 Å². The van der Waals surface area contributed by atoms with Gasteiger partial charge in [0.2, 0.25) is 0 Å². The fourth-order valence-corrected chi connectivity index (χ4v) is 1.66. The van der Waals surface area contributed by atoms with Gasteiger partial charge in [-0.2, -0.15) is 13.2 Å². The monoisotopic (exact) mass is 261 g/mol. The van der Waals surface area contributed by atoms with Crippen LogP contribution in [0.15, 0.2) is 18.3 Å². The van der Waals surface area contributed by atoms with E-state index in [1.807, 2.05) is 6.07 Å². The zero-order valence-electron chi connectivity index (χ0n) is 10.6. The van der Waals surface area contributed by atoms with Gasteiger partial charge in [0.1, 0.15) is 0 Å². The topological polar surface area (TPSA) is 28.2 Å². The highest BCUT2D eigenvalue weighted by atomic mass is 19.4. The van der Waals surface area contributed by atoms with Gasteiger partial charge < -0.3 is 5.32 Å². The molecule has 1 aromatic heterocycles. The van der Waals surface area contributed by atoms with Crippen molar-refractivity contribution in [2.75, 3.05) is 26.7 Å². The lowest BCUT2D eigenvalue weighted by molar-refractivity contribution is -0.146. The van der Waals surface area contributed by atoms with Crippen molar-refractivity contribution in [3.8, 4) is 0 Å². The third-order valence-electron chi connectivity index (χ3n) is 2.59. The van der Waals surface area contributed by atoms with Crippen LogP contribution in [0.5, 0.6) is 0 Å². The summed E-state index contributed by atoms with van der Waals surface area (Å²) in [6, 6.07) is 3.55. The third-order valence-corrected chi connectivity index (χ3v) is 2.59.